The normalized spacial score (nSPS) is 12.4. The van der Waals surface area contributed by atoms with Crippen LogP contribution in [-0.4, -0.2) is 38.0 Å². The largest absolute Gasteiger partial charge is 0.324 e. The minimum Gasteiger partial charge on any atom is -0.324 e. The van der Waals surface area contributed by atoms with Crippen LogP contribution in [0.1, 0.15) is 6.92 Å². The zero-order chi connectivity index (χ0) is 8.20. The van der Waals surface area contributed by atoms with Crippen molar-refractivity contribution in [1.82, 2.24) is 0 Å². The van der Waals surface area contributed by atoms with Crippen molar-refractivity contribution in [3.05, 3.63) is 12.2 Å². The molecule has 0 amide bonds. The first-order valence-corrected chi connectivity index (χ1v) is 3.41. The number of ketones is 1. The Kier molecular flexibility index (Phi) is 3.30. The molecule has 0 saturated heterocycles. The first-order chi connectivity index (χ1) is 4.45. The van der Waals surface area contributed by atoms with Crippen LogP contribution in [-0.2, 0) is 4.79 Å². The molecule has 0 bridgehead atoms. The van der Waals surface area contributed by atoms with Crippen molar-refractivity contribution in [2.45, 2.75) is 6.92 Å². The summed E-state index contributed by atoms with van der Waals surface area (Å²) in [6, 6.07) is 0. The summed E-state index contributed by atoms with van der Waals surface area (Å²) < 4.78 is 0.698. The molecule has 0 unspecified atom stereocenters. The molecule has 10 heavy (non-hydrogen) atoms. The summed E-state index contributed by atoms with van der Waals surface area (Å²) >= 11 is 0. The van der Waals surface area contributed by atoms with E-state index in [2.05, 4.69) is 0 Å². The van der Waals surface area contributed by atoms with E-state index >= 15 is 0 Å². The quantitative estimate of drug-likeness (QED) is 0.421. The molecule has 0 N–H and O–H groups in total. The van der Waals surface area contributed by atoms with Gasteiger partial charge < -0.3 is 4.48 Å². The lowest BCUT2D eigenvalue weighted by Gasteiger charge is -2.21. The monoisotopic (exact) mass is 142 g/mol. The van der Waals surface area contributed by atoms with E-state index < -0.39 is 0 Å². The smallest absolute Gasteiger partial charge is 0.209 e. The average molecular weight is 142 g/mol. The third-order valence-corrected chi connectivity index (χ3v) is 0.983. The molecule has 0 atom stereocenters. The lowest BCUT2D eigenvalue weighted by atomic mass is 10.3. The molecule has 0 aliphatic carbocycles. The second-order valence-corrected chi connectivity index (χ2v) is 3.41. The SMILES string of the molecule is CC=CC(=O)C[N+](C)(C)C. The third-order valence-electron chi connectivity index (χ3n) is 0.983. The zero-order valence-corrected chi connectivity index (χ0v) is 7.22. The van der Waals surface area contributed by atoms with Crippen LogP contribution in [0, 0.1) is 0 Å². The second kappa shape index (κ2) is 3.52. The van der Waals surface area contributed by atoms with Crippen LogP contribution in [0.25, 0.3) is 0 Å². The van der Waals surface area contributed by atoms with E-state index in [9.17, 15) is 4.79 Å². The van der Waals surface area contributed by atoms with Gasteiger partial charge in [0, 0.05) is 0 Å². The van der Waals surface area contributed by atoms with Gasteiger partial charge in [-0.05, 0) is 13.0 Å². The van der Waals surface area contributed by atoms with Crippen molar-refractivity contribution in [3.8, 4) is 0 Å². The first-order valence-electron chi connectivity index (χ1n) is 3.41. The van der Waals surface area contributed by atoms with Crippen LogP contribution in [0.3, 0.4) is 0 Å². The highest BCUT2D eigenvalue weighted by Gasteiger charge is 2.10. The van der Waals surface area contributed by atoms with E-state index in [1.165, 1.54) is 0 Å². The van der Waals surface area contributed by atoms with Crippen molar-refractivity contribution in [3.63, 3.8) is 0 Å². The molecule has 0 aliphatic heterocycles. The summed E-state index contributed by atoms with van der Waals surface area (Å²) in [5, 5.41) is 0. The fourth-order valence-corrected chi connectivity index (χ4v) is 0.706. The van der Waals surface area contributed by atoms with Crippen LogP contribution >= 0.6 is 0 Å². The Morgan fingerprint density at radius 1 is 1.40 bits per heavy atom. The fraction of sp³-hybridized carbons (Fsp3) is 0.625. The van der Waals surface area contributed by atoms with Crippen LogP contribution < -0.4 is 0 Å². The summed E-state index contributed by atoms with van der Waals surface area (Å²) in [5.74, 6) is 0.190. The molecule has 2 nitrogen and oxygen atoms in total. The number of carbonyl (C=O) groups is 1. The van der Waals surface area contributed by atoms with Crippen molar-refractivity contribution in [2.75, 3.05) is 27.7 Å². The number of allylic oxidation sites excluding steroid dienone is 1. The molecule has 0 rings (SSSR count). The van der Waals surface area contributed by atoms with Gasteiger partial charge in [-0.3, -0.25) is 4.79 Å². The molecule has 58 valence electrons. The van der Waals surface area contributed by atoms with Gasteiger partial charge in [0.1, 0.15) is 6.54 Å². The lowest BCUT2D eigenvalue weighted by Crippen LogP contribution is -2.38. The molecular weight excluding hydrogens is 126 g/mol. The molecule has 0 fully saturated rings. The Morgan fingerprint density at radius 3 is 2.20 bits per heavy atom. The topological polar surface area (TPSA) is 17.1 Å². The first kappa shape index (κ1) is 9.37. The molecular formula is C8H16NO+. The molecule has 0 heterocycles. The van der Waals surface area contributed by atoms with Crippen molar-refractivity contribution >= 4 is 5.78 Å². The van der Waals surface area contributed by atoms with Gasteiger partial charge in [0.2, 0.25) is 5.78 Å². The van der Waals surface area contributed by atoms with Gasteiger partial charge in [0.05, 0.1) is 21.1 Å². The van der Waals surface area contributed by atoms with E-state index in [1.54, 1.807) is 12.2 Å². The maximum atomic E-state index is 11.0. The van der Waals surface area contributed by atoms with E-state index in [0.29, 0.717) is 11.0 Å². The number of quaternary nitrogens is 1. The maximum absolute atomic E-state index is 11.0. The Labute approximate surface area is 62.7 Å². The highest BCUT2D eigenvalue weighted by Crippen LogP contribution is 1.90. The van der Waals surface area contributed by atoms with E-state index in [4.69, 9.17) is 0 Å². The number of nitrogens with zero attached hydrogens (tertiary/aromatic N) is 1. The summed E-state index contributed by atoms with van der Waals surface area (Å²) in [7, 11) is 6.00. The maximum Gasteiger partial charge on any atom is 0.209 e. The minimum atomic E-state index is 0.190. The van der Waals surface area contributed by atoms with Crippen molar-refractivity contribution in [2.24, 2.45) is 0 Å². The third kappa shape index (κ3) is 5.51. The van der Waals surface area contributed by atoms with Crippen LogP contribution in [0.2, 0.25) is 0 Å². The van der Waals surface area contributed by atoms with Gasteiger partial charge >= 0.3 is 0 Å². The molecule has 0 spiro atoms. The fourth-order valence-electron chi connectivity index (χ4n) is 0.706. The van der Waals surface area contributed by atoms with Crippen LogP contribution in [0.15, 0.2) is 12.2 Å². The number of likely N-dealkylation sites (N-methyl/N-ethyl adjacent to an activating group) is 1. The summed E-state index contributed by atoms with van der Waals surface area (Å²) in [5.41, 5.74) is 0. The van der Waals surface area contributed by atoms with Crippen molar-refractivity contribution in [1.29, 1.82) is 0 Å². The summed E-state index contributed by atoms with van der Waals surface area (Å²) in [4.78, 5) is 11.0. The summed E-state index contributed by atoms with van der Waals surface area (Å²) in [6.07, 6.45) is 3.39. The molecule has 0 aromatic carbocycles. The van der Waals surface area contributed by atoms with Gasteiger partial charge in [-0.15, -0.1) is 0 Å². The summed E-state index contributed by atoms with van der Waals surface area (Å²) in [6.45, 7) is 2.43. The van der Waals surface area contributed by atoms with E-state index in [-0.39, 0.29) is 5.78 Å². The van der Waals surface area contributed by atoms with Gasteiger partial charge in [-0.2, -0.15) is 0 Å². The number of hydrogen-bond acceptors (Lipinski definition) is 1. The number of hydrogen-bond donors (Lipinski definition) is 0. The highest BCUT2D eigenvalue weighted by atomic mass is 16.1. The van der Waals surface area contributed by atoms with Gasteiger partial charge in [-0.1, -0.05) is 6.08 Å². The van der Waals surface area contributed by atoms with Crippen LogP contribution in [0.5, 0.6) is 0 Å². The molecule has 0 aromatic rings. The second-order valence-electron chi connectivity index (χ2n) is 3.41. The molecule has 0 aliphatic rings. The molecule has 0 aromatic heterocycles. The van der Waals surface area contributed by atoms with E-state index in [0.717, 1.165) is 0 Å². The Balaban J connectivity index is 3.81. The van der Waals surface area contributed by atoms with Gasteiger partial charge in [0.15, 0.2) is 0 Å². The van der Waals surface area contributed by atoms with Gasteiger partial charge in [0.25, 0.3) is 0 Å². The Bertz CT molecular complexity index is 142. The van der Waals surface area contributed by atoms with Crippen LogP contribution in [0.4, 0.5) is 0 Å². The molecule has 2 heteroatoms. The number of rotatable bonds is 3. The van der Waals surface area contributed by atoms with Crippen molar-refractivity contribution < 1.29 is 9.28 Å². The Morgan fingerprint density at radius 2 is 1.90 bits per heavy atom. The highest BCUT2D eigenvalue weighted by molar-refractivity contribution is 5.90. The van der Waals surface area contributed by atoms with E-state index in [1.807, 2.05) is 28.1 Å². The number of carbonyl (C=O) groups excluding carboxylic acids is 1. The zero-order valence-electron chi connectivity index (χ0n) is 7.22. The van der Waals surface area contributed by atoms with Gasteiger partial charge in [-0.25, -0.2) is 0 Å². The molecule has 0 saturated carbocycles. The average Bonchev–Trinajstić information content (AvgIpc) is 1.59. The standard InChI is InChI=1S/C8H16NO/c1-5-6-8(10)7-9(2,3)4/h5-6H,7H2,1-4H3/q+1. The predicted molar refractivity (Wildman–Crippen MR) is 42.7 cm³/mol. The lowest BCUT2D eigenvalue weighted by molar-refractivity contribution is -0.861. The Hall–Kier alpha value is -0.630. The minimum absolute atomic E-state index is 0.190. The predicted octanol–water partition coefficient (Wildman–Crippen LogP) is 0.838. The molecule has 0 radical (unpaired) electrons.